The van der Waals surface area contributed by atoms with E-state index in [1.54, 1.807) is 11.1 Å². The average molecular weight is 361 g/mol. The molecule has 0 spiro atoms. The summed E-state index contributed by atoms with van der Waals surface area (Å²) in [5, 5.41) is 3.87. The van der Waals surface area contributed by atoms with E-state index in [1.807, 2.05) is 62.4 Å². The van der Waals surface area contributed by atoms with Gasteiger partial charge in [-0.15, -0.1) is 0 Å². The van der Waals surface area contributed by atoms with Crippen molar-refractivity contribution in [2.75, 3.05) is 18.0 Å². The van der Waals surface area contributed by atoms with Crippen LogP contribution in [0.1, 0.15) is 28.4 Å². The molecule has 0 radical (unpaired) electrons. The van der Waals surface area contributed by atoms with E-state index in [4.69, 9.17) is 0 Å². The summed E-state index contributed by atoms with van der Waals surface area (Å²) in [7, 11) is 0. The van der Waals surface area contributed by atoms with E-state index in [1.165, 1.54) is 6.92 Å². The van der Waals surface area contributed by atoms with Crippen LogP contribution in [-0.4, -0.2) is 29.9 Å². The molecule has 2 aromatic carbocycles. The van der Waals surface area contributed by atoms with Crippen LogP contribution in [0.4, 0.5) is 5.69 Å². The highest BCUT2D eigenvalue weighted by Crippen LogP contribution is 2.24. The van der Waals surface area contributed by atoms with Crippen LogP contribution in [-0.2, 0) is 4.79 Å². The normalized spacial score (nSPS) is 10.6. The van der Waals surface area contributed by atoms with Crippen LogP contribution in [0.3, 0.4) is 0 Å². The number of carbonyl (C=O) groups is 2. The number of anilines is 1. The molecule has 0 aliphatic carbocycles. The summed E-state index contributed by atoms with van der Waals surface area (Å²) in [6.07, 6.45) is 1.71. The number of aryl methyl sites for hydroxylation is 2. The summed E-state index contributed by atoms with van der Waals surface area (Å²) in [5.41, 5.74) is 4.38. The number of hydrogen-bond donors (Lipinski definition) is 1. The van der Waals surface area contributed by atoms with Gasteiger partial charge in [0.05, 0.1) is 11.2 Å². The molecule has 0 saturated heterocycles. The van der Waals surface area contributed by atoms with Gasteiger partial charge >= 0.3 is 0 Å². The molecule has 0 aliphatic heterocycles. The van der Waals surface area contributed by atoms with Crippen molar-refractivity contribution in [2.45, 2.75) is 20.8 Å². The number of aromatic nitrogens is 1. The first-order valence-corrected chi connectivity index (χ1v) is 8.94. The molecule has 27 heavy (non-hydrogen) atoms. The summed E-state index contributed by atoms with van der Waals surface area (Å²) >= 11 is 0. The van der Waals surface area contributed by atoms with Crippen molar-refractivity contribution >= 4 is 28.4 Å². The zero-order valence-electron chi connectivity index (χ0n) is 15.8. The minimum Gasteiger partial charge on any atom is -0.350 e. The maximum Gasteiger partial charge on any atom is 0.251 e. The van der Waals surface area contributed by atoms with Gasteiger partial charge in [-0.2, -0.15) is 0 Å². The molecule has 1 aromatic heterocycles. The number of amides is 2. The molecule has 0 fully saturated rings. The quantitative estimate of drug-likeness (QED) is 0.755. The third-order valence-corrected chi connectivity index (χ3v) is 4.67. The molecule has 1 heterocycles. The molecule has 0 saturated carbocycles. The van der Waals surface area contributed by atoms with E-state index < -0.39 is 0 Å². The highest BCUT2D eigenvalue weighted by atomic mass is 16.2. The Morgan fingerprint density at radius 1 is 1.04 bits per heavy atom. The van der Waals surface area contributed by atoms with Crippen LogP contribution in [0.2, 0.25) is 0 Å². The van der Waals surface area contributed by atoms with Crippen molar-refractivity contribution < 1.29 is 9.59 Å². The van der Waals surface area contributed by atoms with Gasteiger partial charge in [-0.05, 0) is 49.2 Å². The predicted octanol–water partition coefficient (Wildman–Crippen LogP) is 3.63. The minimum atomic E-state index is -0.141. The van der Waals surface area contributed by atoms with Crippen molar-refractivity contribution in [3.63, 3.8) is 0 Å². The SMILES string of the molecule is CC(=O)N(CCNC(=O)c1ccc(C)c(C)c1)c1cccc2cccnc12. The van der Waals surface area contributed by atoms with E-state index in [0.717, 1.165) is 27.7 Å². The van der Waals surface area contributed by atoms with Crippen LogP contribution in [0.15, 0.2) is 54.7 Å². The molecular weight excluding hydrogens is 338 g/mol. The molecular formula is C22H23N3O2. The Bertz CT molecular complexity index is 993. The Morgan fingerprint density at radius 2 is 1.81 bits per heavy atom. The number of fused-ring (bicyclic) bond motifs is 1. The monoisotopic (exact) mass is 361 g/mol. The third-order valence-electron chi connectivity index (χ3n) is 4.67. The van der Waals surface area contributed by atoms with E-state index >= 15 is 0 Å². The van der Waals surface area contributed by atoms with Crippen molar-refractivity contribution in [2.24, 2.45) is 0 Å². The minimum absolute atomic E-state index is 0.0893. The Morgan fingerprint density at radius 3 is 2.56 bits per heavy atom. The third kappa shape index (κ3) is 4.14. The highest BCUT2D eigenvalue weighted by Gasteiger charge is 2.15. The number of nitrogens with zero attached hydrogens (tertiary/aromatic N) is 2. The number of pyridine rings is 1. The second kappa shape index (κ2) is 7.99. The molecule has 0 unspecified atom stereocenters. The Kier molecular flexibility index (Phi) is 5.50. The smallest absolute Gasteiger partial charge is 0.251 e. The lowest BCUT2D eigenvalue weighted by Gasteiger charge is -2.22. The lowest BCUT2D eigenvalue weighted by Crippen LogP contribution is -2.37. The van der Waals surface area contributed by atoms with Gasteiger partial charge in [0.1, 0.15) is 0 Å². The van der Waals surface area contributed by atoms with E-state index in [0.29, 0.717) is 18.7 Å². The fraction of sp³-hybridized carbons (Fsp3) is 0.227. The molecule has 5 heteroatoms. The average Bonchev–Trinajstić information content (AvgIpc) is 2.66. The van der Waals surface area contributed by atoms with Crippen LogP contribution in [0.25, 0.3) is 10.9 Å². The van der Waals surface area contributed by atoms with Crippen molar-refractivity contribution in [3.05, 3.63) is 71.4 Å². The Hall–Kier alpha value is -3.21. The molecule has 1 N–H and O–H groups in total. The first-order chi connectivity index (χ1) is 13.0. The molecule has 138 valence electrons. The lowest BCUT2D eigenvalue weighted by molar-refractivity contribution is -0.116. The van der Waals surface area contributed by atoms with Gasteiger partial charge in [0, 0.05) is 37.2 Å². The van der Waals surface area contributed by atoms with E-state index in [-0.39, 0.29) is 11.8 Å². The number of rotatable bonds is 5. The lowest BCUT2D eigenvalue weighted by atomic mass is 10.1. The molecule has 3 rings (SSSR count). The van der Waals surface area contributed by atoms with Gasteiger partial charge in [-0.3, -0.25) is 14.6 Å². The van der Waals surface area contributed by atoms with Gasteiger partial charge in [-0.25, -0.2) is 0 Å². The molecule has 0 bridgehead atoms. The standard InChI is InChI=1S/C22H23N3O2/c1-15-9-10-19(14-16(15)2)22(27)24-12-13-25(17(3)26)20-8-4-6-18-7-5-11-23-21(18)20/h4-11,14H,12-13H2,1-3H3,(H,24,27). The maximum atomic E-state index is 12.4. The number of para-hydroxylation sites is 1. The van der Waals surface area contributed by atoms with Gasteiger partial charge in [-0.1, -0.05) is 24.3 Å². The fourth-order valence-corrected chi connectivity index (χ4v) is 3.02. The first-order valence-electron chi connectivity index (χ1n) is 8.94. The van der Waals surface area contributed by atoms with Crippen molar-refractivity contribution in [1.29, 1.82) is 0 Å². The van der Waals surface area contributed by atoms with Gasteiger partial charge in [0.2, 0.25) is 5.91 Å². The largest absolute Gasteiger partial charge is 0.350 e. The number of nitrogens with one attached hydrogen (secondary N) is 1. The number of benzene rings is 2. The molecule has 0 aliphatic rings. The summed E-state index contributed by atoms with van der Waals surface area (Å²) < 4.78 is 0. The van der Waals surface area contributed by atoms with Crippen LogP contribution in [0, 0.1) is 13.8 Å². The van der Waals surface area contributed by atoms with Gasteiger partial charge in [0.15, 0.2) is 0 Å². The summed E-state index contributed by atoms with van der Waals surface area (Å²) in [5.74, 6) is -0.230. The molecule has 3 aromatic rings. The van der Waals surface area contributed by atoms with Crippen molar-refractivity contribution in [3.8, 4) is 0 Å². The van der Waals surface area contributed by atoms with Crippen molar-refractivity contribution in [1.82, 2.24) is 10.3 Å². The van der Waals surface area contributed by atoms with E-state index in [2.05, 4.69) is 10.3 Å². The van der Waals surface area contributed by atoms with Crippen LogP contribution in [0.5, 0.6) is 0 Å². The topological polar surface area (TPSA) is 62.3 Å². The second-order valence-electron chi connectivity index (χ2n) is 6.58. The zero-order chi connectivity index (χ0) is 19.4. The molecule has 0 atom stereocenters. The summed E-state index contributed by atoms with van der Waals surface area (Å²) in [6.45, 7) is 6.25. The fourth-order valence-electron chi connectivity index (χ4n) is 3.02. The zero-order valence-corrected chi connectivity index (χ0v) is 15.8. The first kappa shape index (κ1) is 18.6. The second-order valence-corrected chi connectivity index (χ2v) is 6.58. The Balaban J connectivity index is 1.73. The van der Waals surface area contributed by atoms with Gasteiger partial charge < -0.3 is 10.2 Å². The highest BCUT2D eigenvalue weighted by molar-refractivity contribution is 6.01. The molecule has 2 amide bonds. The Labute approximate surface area is 159 Å². The predicted molar refractivity (Wildman–Crippen MR) is 108 cm³/mol. The van der Waals surface area contributed by atoms with E-state index in [9.17, 15) is 9.59 Å². The maximum absolute atomic E-state index is 12.4. The van der Waals surface area contributed by atoms with Crippen LogP contribution < -0.4 is 10.2 Å². The van der Waals surface area contributed by atoms with Crippen LogP contribution >= 0.6 is 0 Å². The summed E-state index contributed by atoms with van der Waals surface area (Å²) in [4.78, 5) is 30.6. The number of carbonyl (C=O) groups excluding carboxylic acids is 2. The van der Waals surface area contributed by atoms with Gasteiger partial charge in [0.25, 0.3) is 5.91 Å². The molecule has 5 nitrogen and oxygen atoms in total. The summed E-state index contributed by atoms with van der Waals surface area (Å²) in [6, 6.07) is 15.2. The number of hydrogen-bond acceptors (Lipinski definition) is 3.